The number of hydrogen-bond acceptors (Lipinski definition) is 2. The van der Waals surface area contributed by atoms with E-state index in [9.17, 15) is 23.4 Å². The standard InChI is InChI=1S/C27H45F3O2/c1-16(2)24(32)10-9-23(27(28,29)30)22-8-7-20-19-6-5-17-15-18(31)11-13-25(17,3)21(19)12-14-26(20,22)4/h16-24,31-32H,5-15H2,1-4H3. The molecule has 2 nitrogen and oxygen atoms in total. The first-order chi connectivity index (χ1) is 14.9. The van der Waals surface area contributed by atoms with Crippen LogP contribution < -0.4 is 0 Å². The van der Waals surface area contributed by atoms with E-state index in [-0.39, 0.29) is 41.6 Å². The Morgan fingerprint density at radius 2 is 1.53 bits per heavy atom. The fourth-order valence-corrected chi connectivity index (χ4v) is 9.21. The van der Waals surface area contributed by atoms with Crippen molar-refractivity contribution in [2.75, 3.05) is 0 Å². The first kappa shape index (κ1) is 24.8. The number of halogens is 3. The zero-order valence-electron chi connectivity index (χ0n) is 20.5. The molecule has 0 heterocycles. The maximum Gasteiger partial charge on any atom is 0.392 e. The molecule has 4 aliphatic carbocycles. The molecular weight excluding hydrogens is 413 g/mol. The van der Waals surface area contributed by atoms with Crippen molar-refractivity contribution in [1.29, 1.82) is 0 Å². The van der Waals surface area contributed by atoms with Gasteiger partial charge in [-0.2, -0.15) is 13.2 Å². The Balaban J connectivity index is 1.54. The summed E-state index contributed by atoms with van der Waals surface area (Å²) in [5.74, 6) is 0.523. The molecule has 0 aromatic rings. The van der Waals surface area contributed by atoms with Crippen LogP contribution in [0.5, 0.6) is 0 Å². The second-order valence-corrected chi connectivity index (χ2v) is 12.9. The Bertz CT molecular complexity index is 664. The average molecular weight is 459 g/mol. The number of aliphatic hydroxyl groups is 2. The number of alkyl halides is 3. The van der Waals surface area contributed by atoms with E-state index < -0.39 is 18.2 Å². The molecule has 4 saturated carbocycles. The smallest absolute Gasteiger partial charge is 0.392 e. The SMILES string of the molecule is CC(C)C(O)CCC(C1CCC2C3CCC4CC(O)CCC4(C)C3CCC21C)C(F)(F)F. The number of aliphatic hydroxyl groups excluding tert-OH is 2. The molecule has 32 heavy (non-hydrogen) atoms. The van der Waals surface area contributed by atoms with Crippen LogP contribution in [0.3, 0.4) is 0 Å². The van der Waals surface area contributed by atoms with Crippen LogP contribution in [0.2, 0.25) is 0 Å². The molecule has 0 aromatic heterocycles. The van der Waals surface area contributed by atoms with Gasteiger partial charge in [-0.3, -0.25) is 0 Å². The zero-order valence-corrected chi connectivity index (χ0v) is 20.5. The Morgan fingerprint density at radius 1 is 0.875 bits per heavy atom. The van der Waals surface area contributed by atoms with Gasteiger partial charge < -0.3 is 10.2 Å². The summed E-state index contributed by atoms with van der Waals surface area (Å²) in [5.41, 5.74) is 0.0217. The van der Waals surface area contributed by atoms with Crippen LogP contribution >= 0.6 is 0 Å². The molecule has 0 radical (unpaired) electrons. The van der Waals surface area contributed by atoms with Gasteiger partial charge in [-0.1, -0.05) is 27.7 Å². The molecule has 4 aliphatic rings. The first-order valence-electron chi connectivity index (χ1n) is 13.3. The molecule has 0 aliphatic heterocycles. The van der Waals surface area contributed by atoms with Crippen molar-refractivity contribution in [3.63, 3.8) is 0 Å². The van der Waals surface area contributed by atoms with E-state index in [1.54, 1.807) is 0 Å². The van der Waals surface area contributed by atoms with Gasteiger partial charge in [-0.15, -0.1) is 0 Å². The maximum atomic E-state index is 14.3. The summed E-state index contributed by atoms with van der Waals surface area (Å²) in [6.07, 6.45) is 4.01. The summed E-state index contributed by atoms with van der Waals surface area (Å²) < 4.78 is 42.9. The van der Waals surface area contributed by atoms with Crippen molar-refractivity contribution < 1.29 is 23.4 Å². The third-order valence-electron chi connectivity index (χ3n) is 11.2. The molecule has 0 saturated heterocycles. The van der Waals surface area contributed by atoms with E-state index in [4.69, 9.17) is 0 Å². The molecule has 10 unspecified atom stereocenters. The summed E-state index contributed by atoms with van der Waals surface area (Å²) in [5, 5.41) is 20.4. The van der Waals surface area contributed by atoms with Crippen molar-refractivity contribution >= 4 is 0 Å². The van der Waals surface area contributed by atoms with Crippen LogP contribution in [-0.4, -0.2) is 28.6 Å². The lowest BCUT2D eigenvalue weighted by Crippen LogP contribution is -2.54. The predicted octanol–water partition coefficient (Wildman–Crippen LogP) is 6.98. The Kier molecular flexibility index (Phi) is 6.78. The van der Waals surface area contributed by atoms with Gasteiger partial charge in [0, 0.05) is 0 Å². The summed E-state index contributed by atoms with van der Waals surface area (Å²) in [7, 11) is 0. The van der Waals surface area contributed by atoms with Gasteiger partial charge in [-0.25, -0.2) is 0 Å². The zero-order chi connectivity index (χ0) is 23.5. The van der Waals surface area contributed by atoms with Crippen LogP contribution in [0.4, 0.5) is 13.2 Å². The van der Waals surface area contributed by atoms with Crippen molar-refractivity contribution in [3.05, 3.63) is 0 Å². The molecule has 5 heteroatoms. The minimum Gasteiger partial charge on any atom is -0.393 e. The third-order valence-corrected chi connectivity index (χ3v) is 11.2. The normalized spacial score (nSPS) is 46.3. The summed E-state index contributed by atoms with van der Waals surface area (Å²) in [4.78, 5) is 0. The van der Waals surface area contributed by atoms with Gasteiger partial charge in [0.2, 0.25) is 0 Å². The van der Waals surface area contributed by atoms with Gasteiger partial charge in [-0.05, 0) is 117 Å². The van der Waals surface area contributed by atoms with Crippen molar-refractivity contribution in [1.82, 2.24) is 0 Å². The molecule has 0 amide bonds. The van der Waals surface area contributed by atoms with E-state index in [1.807, 2.05) is 13.8 Å². The molecule has 4 rings (SSSR count). The first-order valence-corrected chi connectivity index (χ1v) is 13.3. The highest BCUT2D eigenvalue weighted by Gasteiger charge is 2.63. The van der Waals surface area contributed by atoms with Crippen LogP contribution in [0.15, 0.2) is 0 Å². The number of rotatable bonds is 5. The fraction of sp³-hybridized carbons (Fsp3) is 1.00. The highest BCUT2D eigenvalue weighted by molar-refractivity contribution is 5.10. The second-order valence-electron chi connectivity index (χ2n) is 12.9. The monoisotopic (exact) mass is 458 g/mol. The molecule has 10 atom stereocenters. The van der Waals surface area contributed by atoms with E-state index in [1.165, 1.54) is 0 Å². The van der Waals surface area contributed by atoms with Gasteiger partial charge >= 0.3 is 6.18 Å². The lowest BCUT2D eigenvalue weighted by Gasteiger charge is -2.61. The van der Waals surface area contributed by atoms with E-state index in [2.05, 4.69) is 13.8 Å². The van der Waals surface area contributed by atoms with E-state index in [0.717, 1.165) is 51.4 Å². The lowest BCUT2D eigenvalue weighted by molar-refractivity contribution is -0.210. The average Bonchev–Trinajstić information content (AvgIpc) is 3.04. The van der Waals surface area contributed by atoms with Crippen molar-refractivity contribution in [3.8, 4) is 0 Å². The minimum atomic E-state index is -4.20. The van der Waals surface area contributed by atoms with Crippen molar-refractivity contribution in [2.45, 2.75) is 117 Å². The van der Waals surface area contributed by atoms with Gasteiger partial charge in [0.15, 0.2) is 0 Å². The molecule has 186 valence electrons. The van der Waals surface area contributed by atoms with Gasteiger partial charge in [0.25, 0.3) is 0 Å². The maximum absolute atomic E-state index is 14.3. The molecule has 2 N–H and O–H groups in total. The van der Waals surface area contributed by atoms with Crippen LogP contribution in [0.25, 0.3) is 0 Å². The van der Waals surface area contributed by atoms with Crippen LogP contribution in [0.1, 0.15) is 98.3 Å². The lowest BCUT2D eigenvalue weighted by atomic mass is 9.44. The molecule has 0 bridgehead atoms. The predicted molar refractivity (Wildman–Crippen MR) is 121 cm³/mol. The van der Waals surface area contributed by atoms with Crippen LogP contribution in [-0.2, 0) is 0 Å². The number of fused-ring (bicyclic) bond motifs is 5. The summed E-state index contributed by atoms with van der Waals surface area (Å²) in [6.45, 7) is 8.37. The second kappa shape index (κ2) is 8.73. The minimum absolute atomic E-state index is 0.00354. The quantitative estimate of drug-likeness (QED) is 0.466. The Labute approximate surface area is 192 Å². The Hall–Kier alpha value is -0.290. The Morgan fingerprint density at radius 3 is 2.19 bits per heavy atom. The summed E-state index contributed by atoms with van der Waals surface area (Å²) >= 11 is 0. The molecule has 4 fully saturated rings. The molecule has 0 aromatic carbocycles. The molecule has 0 spiro atoms. The van der Waals surface area contributed by atoms with Crippen LogP contribution in [0, 0.1) is 52.3 Å². The van der Waals surface area contributed by atoms with E-state index in [0.29, 0.717) is 30.1 Å². The topological polar surface area (TPSA) is 40.5 Å². The largest absolute Gasteiger partial charge is 0.393 e. The highest BCUT2D eigenvalue weighted by atomic mass is 19.4. The van der Waals surface area contributed by atoms with Gasteiger partial charge in [0.05, 0.1) is 18.1 Å². The van der Waals surface area contributed by atoms with E-state index >= 15 is 0 Å². The third kappa shape index (κ3) is 4.16. The molecular formula is C27H45F3O2. The van der Waals surface area contributed by atoms with Crippen molar-refractivity contribution in [2.24, 2.45) is 52.3 Å². The fourth-order valence-electron chi connectivity index (χ4n) is 9.21. The summed E-state index contributed by atoms with van der Waals surface area (Å²) in [6, 6.07) is 0. The van der Waals surface area contributed by atoms with Gasteiger partial charge in [0.1, 0.15) is 0 Å². The highest BCUT2D eigenvalue weighted by Crippen LogP contribution is 2.69. The number of hydrogen-bond donors (Lipinski definition) is 2.